The average molecular weight is 397 g/mol. The Kier molecular flexibility index (Phi) is 5.45. The van der Waals surface area contributed by atoms with Crippen LogP contribution in [0, 0.1) is 13.8 Å². The largest absolute Gasteiger partial charge is 0.497 e. The van der Waals surface area contributed by atoms with Crippen molar-refractivity contribution in [3.8, 4) is 11.5 Å². The lowest BCUT2D eigenvalue weighted by Gasteiger charge is -2.22. The SMILES string of the molecule is COc1ccc([C@@]2(C)NC(=O)N(NC(=O)COc3cc(C)ccc3C)C2=O)cc1. The van der Waals surface area contributed by atoms with E-state index in [0.29, 0.717) is 22.1 Å². The Labute approximate surface area is 168 Å². The lowest BCUT2D eigenvalue weighted by atomic mass is 9.92. The van der Waals surface area contributed by atoms with Gasteiger partial charge in [0.05, 0.1) is 7.11 Å². The third kappa shape index (κ3) is 4.01. The van der Waals surface area contributed by atoms with Crippen molar-refractivity contribution in [1.82, 2.24) is 15.8 Å². The number of carbonyl (C=O) groups is 3. The van der Waals surface area contributed by atoms with Crippen LogP contribution in [-0.2, 0) is 15.1 Å². The van der Waals surface area contributed by atoms with Crippen LogP contribution in [0.1, 0.15) is 23.6 Å². The number of amides is 4. The van der Waals surface area contributed by atoms with Gasteiger partial charge in [0, 0.05) is 0 Å². The third-order valence-corrected chi connectivity index (χ3v) is 4.80. The molecule has 0 aliphatic carbocycles. The number of hydrogen-bond acceptors (Lipinski definition) is 5. The number of methoxy groups -OCH3 is 1. The molecule has 152 valence electrons. The molecule has 1 atom stereocenters. The van der Waals surface area contributed by atoms with Crippen LogP contribution in [0.25, 0.3) is 0 Å². The molecule has 0 unspecified atom stereocenters. The van der Waals surface area contributed by atoms with Crippen molar-refractivity contribution in [2.75, 3.05) is 13.7 Å². The van der Waals surface area contributed by atoms with Crippen LogP contribution in [0.15, 0.2) is 42.5 Å². The van der Waals surface area contributed by atoms with Gasteiger partial charge >= 0.3 is 6.03 Å². The van der Waals surface area contributed by atoms with E-state index in [4.69, 9.17) is 9.47 Å². The van der Waals surface area contributed by atoms with E-state index in [2.05, 4.69) is 10.7 Å². The van der Waals surface area contributed by atoms with Crippen LogP contribution in [0.4, 0.5) is 4.79 Å². The maximum Gasteiger partial charge on any atom is 0.344 e. The Balaban J connectivity index is 1.67. The smallest absolute Gasteiger partial charge is 0.344 e. The molecule has 0 bridgehead atoms. The minimum atomic E-state index is -1.30. The fourth-order valence-electron chi connectivity index (χ4n) is 3.02. The van der Waals surface area contributed by atoms with Gasteiger partial charge < -0.3 is 14.8 Å². The number of rotatable bonds is 6. The molecule has 8 heteroatoms. The summed E-state index contributed by atoms with van der Waals surface area (Å²) in [5.41, 5.74) is 3.46. The van der Waals surface area contributed by atoms with Crippen molar-refractivity contribution in [3.05, 3.63) is 59.2 Å². The normalized spacial score (nSPS) is 18.4. The molecule has 0 radical (unpaired) electrons. The molecule has 2 aromatic carbocycles. The zero-order valence-electron chi connectivity index (χ0n) is 16.7. The predicted octanol–water partition coefficient (Wildman–Crippen LogP) is 2.19. The first-order valence-electron chi connectivity index (χ1n) is 9.05. The predicted molar refractivity (Wildman–Crippen MR) is 105 cm³/mol. The van der Waals surface area contributed by atoms with Crippen molar-refractivity contribution in [1.29, 1.82) is 0 Å². The molecule has 2 aromatic rings. The molecule has 0 spiro atoms. The number of nitrogens with one attached hydrogen (secondary N) is 2. The summed E-state index contributed by atoms with van der Waals surface area (Å²) in [6, 6.07) is 11.7. The highest BCUT2D eigenvalue weighted by molar-refractivity contribution is 6.08. The average Bonchev–Trinajstić information content (AvgIpc) is 2.92. The van der Waals surface area contributed by atoms with Gasteiger partial charge in [0.1, 0.15) is 17.0 Å². The lowest BCUT2D eigenvalue weighted by molar-refractivity contribution is -0.139. The summed E-state index contributed by atoms with van der Waals surface area (Å²) in [7, 11) is 1.54. The molecule has 4 amide bonds. The summed E-state index contributed by atoms with van der Waals surface area (Å²) in [5.74, 6) is -0.00978. The van der Waals surface area contributed by atoms with Gasteiger partial charge in [-0.2, -0.15) is 5.01 Å². The highest BCUT2D eigenvalue weighted by atomic mass is 16.5. The van der Waals surface area contributed by atoms with Crippen LogP contribution in [-0.4, -0.2) is 36.6 Å². The number of carbonyl (C=O) groups excluding carboxylic acids is 3. The van der Waals surface area contributed by atoms with E-state index in [0.717, 1.165) is 11.1 Å². The molecule has 0 aromatic heterocycles. The second-order valence-electron chi connectivity index (χ2n) is 7.02. The highest BCUT2D eigenvalue weighted by Gasteiger charge is 2.50. The quantitative estimate of drug-likeness (QED) is 0.729. The Morgan fingerprint density at radius 3 is 2.48 bits per heavy atom. The van der Waals surface area contributed by atoms with Crippen molar-refractivity contribution in [3.63, 3.8) is 0 Å². The molecule has 29 heavy (non-hydrogen) atoms. The van der Waals surface area contributed by atoms with E-state index < -0.39 is 23.4 Å². The summed E-state index contributed by atoms with van der Waals surface area (Å²) in [6.07, 6.45) is 0. The zero-order chi connectivity index (χ0) is 21.2. The molecule has 1 aliphatic rings. The van der Waals surface area contributed by atoms with Crippen LogP contribution in [0.5, 0.6) is 11.5 Å². The van der Waals surface area contributed by atoms with Crippen LogP contribution < -0.4 is 20.2 Å². The van der Waals surface area contributed by atoms with Gasteiger partial charge in [-0.05, 0) is 55.7 Å². The zero-order valence-corrected chi connectivity index (χ0v) is 16.7. The number of aryl methyl sites for hydroxylation is 2. The fourth-order valence-corrected chi connectivity index (χ4v) is 3.02. The van der Waals surface area contributed by atoms with E-state index in [1.165, 1.54) is 7.11 Å². The molecule has 8 nitrogen and oxygen atoms in total. The Morgan fingerprint density at radius 2 is 1.83 bits per heavy atom. The second kappa shape index (κ2) is 7.83. The van der Waals surface area contributed by atoms with Gasteiger partial charge in [0.2, 0.25) is 0 Å². The van der Waals surface area contributed by atoms with Gasteiger partial charge in [-0.15, -0.1) is 0 Å². The molecule has 1 fully saturated rings. The standard InChI is InChI=1S/C21H23N3O5/c1-13-5-6-14(2)17(11-13)29-12-18(25)23-24-19(26)21(3,22-20(24)27)15-7-9-16(28-4)10-8-15/h5-11H,12H2,1-4H3,(H,22,27)(H,23,25)/t21-/m1/s1. The van der Waals surface area contributed by atoms with E-state index in [1.807, 2.05) is 32.0 Å². The van der Waals surface area contributed by atoms with Gasteiger partial charge in [-0.1, -0.05) is 24.3 Å². The number of ether oxygens (including phenoxy) is 2. The minimum absolute atomic E-state index is 0.333. The van der Waals surface area contributed by atoms with Gasteiger partial charge in [-0.25, -0.2) is 4.79 Å². The summed E-state index contributed by atoms with van der Waals surface area (Å²) in [6.45, 7) is 5.03. The molecule has 1 heterocycles. The first kappa shape index (κ1) is 20.2. The maximum atomic E-state index is 12.9. The topological polar surface area (TPSA) is 97.0 Å². The van der Waals surface area contributed by atoms with Crippen molar-refractivity contribution >= 4 is 17.8 Å². The number of hydrogen-bond donors (Lipinski definition) is 2. The highest BCUT2D eigenvalue weighted by Crippen LogP contribution is 2.29. The molecule has 3 rings (SSSR count). The van der Waals surface area contributed by atoms with E-state index in [1.54, 1.807) is 31.2 Å². The number of benzene rings is 2. The number of imide groups is 1. The Bertz CT molecular complexity index is 957. The van der Waals surface area contributed by atoms with Crippen molar-refractivity contribution in [2.24, 2.45) is 0 Å². The third-order valence-electron chi connectivity index (χ3n) is 4.80. The summed E-state index contributed by atoms with van der Waals surface area (Å²) in [5, 5.41) is 3.30. The van der Waals surface area contributed by atoms with Crippen LogP contribution in [0.2, 0.25) is 0 Å². The van der Waals surface area contributed by atoms with Crippen molar-refractivity contribution in [2.45, 2.75) is 26.3 Å². The van der Waals surface area contributed by atoms with E-state index in [-0.39, 0.29) is 6.61 Å². The second-order valence-corrected chi connectivity index (χ2v) is 7.02. The van der Waals surface area contributed by atoms with Gasteiger partial charge in [0.15, 0.2) is 6.61 Å². The van der Waals surface area contributed by atoms with Gasteiger partial charge in [-0.3, -0.25) is 15.0 Å². The summed E-state index contributed by atoms with van der Waals surface area (Å²) in [4.78, 5) is 37.4. The van der Waals surface area contributed by atoms with Crippen molar-refractivity contribution < 1.29 is 23.9 Å². The number of urea groups is 1. The monoisotopic (exact) mass is 397 g/mol. The van der Waals surface area contributed by atoms with Crippen LogP contribution in [0.3, 0.4) is 0 Å². The number of hydrazine groups is 1. The number of nitrogens with zero attached hydrogens (tertiary/aromatic N) is 1. The molecule has 1 aliphatic heterocycles. The molecular formula is C21H23N3O5. The van der Waals surface area contributed by atoms with Gasteiger partial charge in [0.25, 0.3) is 11.8 Å². The molecule has 0 saturated carbocycles. The Hall–Kier alpha value is -3.55. The fraction of sp³-hybridized carbons (Fsp3) is 0.286. The van der Waals surface area contributed by atoms with E-state index in [9.17, 15) is 14.4 Å². The molecule has 1 saturated heterocycles. The first-order valence-corrected chi connectivity index (χ1v) is 9.05. The minimum Gasteiger partial charge on any atom is -0.497 e. The maximum absolute atomic E-state index is 12.9. The first-order chi connectivity index (χ1) is 13.7. The van der Waals surface area contributed by atoms with E-state index >= 15 is 0 Å². The molecule has 2 N–H and O–H groups in total. The Morgan fingerprint density at radius 1 is 1.14 bits per heavy atom. The van der Waals surface area contributed by atoms with Crippen LogP contribution >= 0.6 is 0 Å². The summed E-state index contributed by atoms with van der Waals surface area (Å²) >= 11 is 0. The lowest BCUT2D eigenvalue weighted by Crippen LogP contribution is -2.49. The molecular weight excluding hydrogens is 374 g/mol. The summed E-state index contributed by atoms with van der Waals surface area (Å²) < 4.78 is 10.6.